The number of amides is 1. The van der Waals surface area contributed by atoms with E-state index in [0.29, 0.717) is 12.5 Å². The van der Waals surface area contributed by atoms with Crippen LogP contribution in [0.1, 0.15) is 36.8 Å². The zero-order chi connectivity index (χ0) is 13.5. The van der Waals surface area contributed by atoms with Crippen LogP contribution in [0.4, 0.5) is 0 Å². The minimum absolute atomic E-state index is 0.166. The van der Waals surface area contributed by atoms with Crippen molar-refractivity contribution in [1.29, 1.82) is 0 Å². The van der Waals surface area contributed by atoms with Gasteiger partial charge in [0.15, 0.2) is 0 Å². The Bertz CT molecular complexity index is 411. The molecule has 0 unspecified atom stereocenters. The lowest BCUT2D eigenvalue weighted by Gasteiger charge is -2.10. The molecule has 1 saturated heterocycles. The topological polar surface area (TPSA) is 41.1 Å². The van der Waals surface area contributed by atoms with Crippen molar-refractivity contribution in [2.45, 2.75) is 45.1 Å². The number of benzene rings is 1. The number of hydrogen-bond acceptors (Lipinski definition) is 2. The number of carbonyl (C=O) groups is 1. The van der Waals surface area contributed by atoms with E-state index in [4.69, 9.17) is 0 Å². The minimum atomic E-state index is 0.166. The van der Waals surface area contributed by atoms with Crippen LogP contribution in [0.25, 0.3) is 0 Å². The lowest BCUT2D eigenvalue weighted by atomic mass is 10.1. The van der Waals surface area contributed by atoms with Gasteiger partial charge in [0, 0.05) is 19.0 Å². The summed E-state index contributed by atoms with van der Waals surface area (Å²) in [6.07, 6.45) is 4.98. The number of carbonyl (C=O) groups excluding carboxylic acids is 1. The maximum atomic E-state index is 11.7. The van der Waals surface area contributed by atoms with E-state index in [9.17, 15) is 4.79 Å². The van der Waals surface area contributed by atoms with Gasteiger partial charge < -0.3 is 10.6 Å². The second kappa shape index (κ2) is 7.29. The summed E-state index contributed by atoms with van der Waals surface area (Å²) < 4.78 is 0. The third-order valence-corrected chi connectivity index (χ3v) is 3.70. The van der Waals surface area contributed by atoms with Crippen LogP contribution in [0.5, 0.6) is 0 Å². The van der Waals surface area contributed by atoms with Gasteiger partial charge in [-0.2, -0.15) is 0 Å². The molecule has 19 heavy (non-hydrogen) atoms. The monoisotopic (exact) mass is 260 g/mol. The molecule has 1 aromatic rings. The van der Waals surface area contributed by atoms with Crippen LogP contribution in [0.2, 0.25) is 0 Å². The Morgan fingerprint density at radius 1 is 1.47 bits per heavy atom. The fraction of sp³-hybridized carbons (Fsp3) is 0.562. The Hall–Kier alpha value is -1.35. The number of rotatable bonds is 6. The van der Waals surface area contributed by atoms with E-state index in [2.05, 4.69) is 35.8 Å². The largest absolute Gasteiger partial charge is 0.356 e. The van der Waals surface area contributed by atoms with Crippen molar-refractivity contribution in [3.05, 3.63) is 35.4 Å². The second-order valence-electron chi connectivity index (χ2n) is 5.42. The lowest BCUT2D eigenvalue weighted by Crippen LogP contribution is -2.30. The summed E-state index contributed by atoms with van der Waals surface area (Å²) in [6.45, 7) is 4.01. The van der Waals surface area contributed by atoms with E-state index in [1.807, 2.05) is 6.07 Å². The molecule has 3 heteroatoms. The molecule has 3 nitrogen and oxygen atoms in total. The summed E-state index contributed by atoms with van der Waals surface area (Å²) in [5, 5.41) is 6.46. The highest BCUT2D eigenvalue weighted by atomic mass is 16.1. The molecule has 0 spiro atoms. The smallest absolute Gasteiger partial charge is 0.220 e. The first-order valence-electron chi connectivity index (χ1n) is 7.29. The molecule has 1 atom stereocenters. The minimum Gasteiger partial charge on any atom is -0.356 e. The molecule has 2 N–H and O–H groups in total. The van der Waals surface area contributed by atoms with Crippen molar-refractivity contribution in [3.63, 3.8) is 0 Å². The van der Waals surface area contributed by atoms with E-state index < -0.39 is 0 Å². The first kappa shape index (κ1) is 14.1. The average Bonchev–Trinajstić information content (AvgIpc) is 2.90. The zero-order valence-electron chi connectivity index (χ0n) is 11.7. The number of hydrogen-bond donors (Lipinski definition) is 2. The molecule has 104 valence electrons. The Balaban J connectivity index is 1.61. The maximum Gasteiger partial charge on any atom is 0.220 e. The number of nitrogens with one attached hydrogen (secondary N) is 2. The van der Waals surface area contributed by atoms with E-state index in [0.717, 1.165) is 25.9 Å². The van der Waals surface area contributed by atoms with Crippen molar-refractivity contribution in [3.8, 4) is 0 Å². The molecule has 0 saturated carbocycles. The zero-order valence-corrected chi connectivity index (χ0v) is 11.7. The fourth-order valence-corrected chi connectivity index (χ4v) is 2.60. The molecular weight excluding hydrogens is 236 g/mol. The SMILES string of the molecule is Cc1cccc(CCC(=O)NCC[C@H]2CCCN2)c1. The van der Waals surface area contributed by atoms with Crippen molar-refractivity contribution in [1.82, 2.24) is 10.6 Å². The van der Waals surface area contributed by atoms with Gasteiger partial charge in [-0.15, -0.1) is 0 Å². The number of aryl methyl sites for hydroxylation is 2. The van der Waals surface area contributed by atoms with Crippen molar-refractivity contribution >= 4 is 5.91 Å². The van der Waals surface area contributed by atoms with Crippen molar-refractivity contribution in [2.75, 3.05) is 13.1 Å². The van der Waals surface area contributed by atoms with Gasteiger partial charge in [0.05, 0.1) is 0 Å². The summed E-state index contributed by atoms with van der Waals surface area (Å²) >= 11 is 0. The first-order chi connectivity index (χ1) is 9.24. The highest BCUT2D eigenvalue weighted by molar-refractivity contribution is 5.76. The van der Waals surface area contributed by atoms with Gasteiger partial charge in [-0.25, -0.2) is 0 Å². The van der Waals surface area contributed by atoms with Crippen LogP contribution in [0.3, 0.4) is 0 Å². The summed E-state index contributed by atoms with van der Waals surface area (Å²) in [6, 6.07) is 8.97. The predicted octanol–water partition coefficient (Wildman–Crippen LogP) is 2.19. The van der Waals surface area contributed by atoms with Crippen LogP contribution in [0, 0.1) is 6.92 Å². The summed E-state index contributed by atoms with van der Waals surface area (Å²) in [7, 11) is 0. The van der Waals surface area contributed by atoms with Crippen molar-refractivity contribution in [2.24, 2.45) is 0 Å². The van der Waals surface area contributed by atoms with E-state index in [1.54, 1.807) is 0 Å². The molecule has 0 bridgehead atoms. The van der Waals surface area contributed by atoms with Gasteiger partial charge in [0.1, 0.15) is 0 Å². The van der Waals surface area contributed by atoms with Crippen LogP contribution in [-0.4, -0.2) is 25.0 Å². The van der Waals surface area contributed by atoms with Crippen molar-refractivity contribution < 1.29 is 4.79 Å². The standard InChI is InChI=1S/C16H24N2O/c1-13-4-2-5-14(12-13)7-8-16(19)18-11-9-15-6-3-10-17-15/h2,4-5,12,15,17H,3,6-11H2,1H3,(H,18,19)/t15-/m1/s1. The van der Waals surface area contributed by atoms with E-state index >= 15 is 0 Å². The highest BCUT2D eigenvalue weighted by Gasteiger charge is 2.13. The van der Waals surface area contributed by atoms with Gasteiger partial charge in [0.25, 0.3) is 0 Å². The molecule has 1 aliphatic heterocycles. The molecule has 1 heterocycles. The molecule has 1 fully saturated rings. The van der Waals surface area contributed by atoms with Gasteiger partial charge in [-0.05, 0) is 44.7 Å². The maximum absolute atomic E-state index is 11.7. The Morgan fingerprint density at radius 2 is 2.37 bits per heavy atom. The van der Waals surface area contributed by atoms with Crippen LogP contribution >= 0.6 is 0 Å². The fourth-order valence-electron chi connectivity index (χ4n) is 2.60. The molecule has 0 aliphatic carbocycles. The van der Waals surface area contributed by atoms with E-state index in [1.165, 1.54) is 24.0 Å². The third kappa shape index (κ3) is 5.03. The highest BCUT2D eigenvalue weighted by Crippen LogP contribution is 2.08. The Morgan fingerprint density at radius 3 is 3.11 bits per heavy atom. The van der Waals surface area contributed by atoms with Crippen LogP contribution in [0.15, 0.2) is 24.3 Å². The van der Waals surface area contributed by atoms with E-state index in [-0.39, 0.29) is 5.91 Å². The van der Waals surface area contributed by atoms with Crippen LogP contribution < -0.4 is 10.6 Å². The first-order valence-corrected chi connectivity index (χ1v) is 7.29. The summed E-state index contributed by atoms with van der Waals surface area (Å²) in [5.41, 5.74) is 2.50. The summed E-state index contributed by atoms with van der Waals surface area (Å²) in [5.74, 6) is 0.166. The Labute approximate surface area is 115 Å². The second-order valence-corrected chi connectivity index (χ2v) is 5.42. The quantitative estimate of drug-likeness (QED) is 0.823. The third-order valence-electron chi connectivity index (χ3n) is 3.70. The molecule has 2 rings (SSSR count). The van der Waals surface area contributed by atoms with Gasteiger partial charge in [-0.1, -0.05) is 29.8 Å². The van der Waals surface area contributed by atoms with Gasteiger partial charge >= 0.3 is 0 Å². The predicted molar refractivity (Wildman–Crippen MR) is 78.2 cm³/mol. The lowest BCUT2D eigenvalue weighted by molar-refractivity contribution is -0.121. The van der Waals surface area contributed by atoms with Gasteiger partial charge in [0.2, 0.25) is 5.91 Å². The molecule has 0 radical (unpaired) electrons. The molecule has 1 aliphatic rings. The van der Waals surface area contributed by atoms with Crippen LogP contribution in [-0.2, 0) is 11.2 Å². The summed E-state index contributed by atoms with van der Waals surface area (Å²) in [4.78, 5) is 11.7. The molecule has 1 aromatic carbocycles. The molecular formula is C16H24N2O. The average molecular weight is 260 g/mol. The molecule has 0 aromatic heterocycles. The normalized spacial score (nSPS) is 18.5. The molecule has 1 amide bonds. The van der Waals surface area contributed by atoms with Gasteiger partial charge in [-0.3, -0.25) is 4.79 Å². The Kier molecular flexibility index (Phi) is 5.40.